The minimum absolute atomic E-state index is 0.330. The molecule has 4 nitrogen and oxygen atoms in total. The number of hydrogen-bond acceptors (Lipinski definition) is 3. The molecule has 1 amide bonds. The van der Waals surface area contributed by atoms with Crippen LogP contribution >= 0.6 is 0 Å². The van der Waals surface area contributed by atoms with Crippen molar-refractivity contribution in [2.24, 2.45) is 5.92 Å². The second kappa shape index (κ2) is 6.23. The van der Waals surface area contributed by atoms with Crippen molar-refractivity contribution in [3.63, 3.8) is 0 Å². The Morgan fingerprint density at radius 3 is 2.00 bits per heavy atom. The van der Waals surface area contributed by atoms with E-state index in [2.05, 4.69) is 4.74 Å². The highest BCUT2D eigenvalue weighted by molar-refractivity contribution is 5.80. The maximum Gasteiger partial charge on any atom is 0.409 e. The van der Waals surface area contributed by atoms with Crippen molar-refractivity contribution in [3.8, 4) is 0 Å². The number of aliphatic hydroxyl groups is 1. The molecule has 2 N–H and O–H groups in total. The predicted octanol–water partition coefficient (Wildman–Crippen LogP) is 0.851. The SMILES string of the molecule is COCC(O)CNC(=O)C(C(F)(F)F)C(F)(F)F. The molecule has 0 aliphatic rings. The van der Waals surface area contributed by atoms with Gasteiger partial charge in [0.2, 0.25) is 11.8 Å². The van der Waals surface area contributed by atoms with Gasteiger partial charge < -0.3 is 15.2 Å². The van der Waals surface area contributed by atoms with Crippen LogP contribution in [0.25, 0.3) is 0 Å². The minimum atomic E-state index is -5.74. The van der Waals surface area contributed by atoms with Crippen LogP contribution in [-0.4, -0.2) is 49.7 Å². The number of alkyl halides is 6. The lowest BCUT2D eigenvalue weighted by Gasteiger charge is -2.22. The average Bonchev–Trinajstić information content (AvgIpc) is 2.10. The van der Waals surface area contributed by atoms with Gasteiger partial charge in [0.05, 0.1) is 12.7 Å². The van der Waals surface area contributed by atoms with E-state index in [1.165, 1.54) is 12.4 Å². The van der Waals surface area contributed by atoms with Crippen molar-refractivity contribution in [2.75, 3.05) is 20.3 Å². The van der Waals surface area contributed by atoms with Crippen LogP contribution < -0.4 is 5.32 Å². The molecule has 0 bridgehead atoms. The molecule has 0 spiro atoms. The zero-order chi connectivity index (χ0) is 14.6. The first kappa shape index (κ1) is 17.0. The van der Waals surface area contributed by atoms with E-state index in [0.717, 1.165) is 0 Å². The number of aliphatic hydroxyl groups excluding tert-OH is 1. The summed E-state index contributed by atoms with van der Waals surface area (Å²) in [6, 6.07) is 0. The third-order valence-corrected chi connectivity index (χ3v) is 1.79. The van der Waals surface area contributed by atoms with Gasteiger partial charge in [-0.25, -0.2) is 0 Å². The molecule has 0 saturated heterocycles. The van der Waals surface area contributed by atoms with E-state index in [1.54, 1.807) is 0 Å². The smallest absolute Gasteiger partial charge is 0.389 e. The summed E-state index contributed by atoms with van der Waals surface area (Å²) in [6.07, 6.45) is -12.9. The fourth-order valence-electron chi connectivity index (χ4n) is 1.05. The largest absolute Gasteiger partial charge is 0.409 e. The molecule has 0 rings (SSSR count). The summed E-state index contributed by atoms with van der Waals surface area (Å²) >= 11 is 0. The first-order valence-corrected chi connectivity index (χ1v) is 4.58. The highest BCUT2D eigenvalue weighted by Gasteiger charge is 2.61. The van der Waals surface area contributed by atoms with Gasteiger partial charge in [-0.15, -0.1) is 0 Å². The Morgan fingerprint density at radius 2 is 1.67 bits per heavy atom. The molecule has 0 aromatic heterocycles. The number of rotatable bonds is 5. The second-order valence-corrected chi connectivity index (χ2v) is 3.37. The van der Waals surface area contributed by atoms with Crippen LogP contribution in [0.3, 0.4) is 0 Å². The van der Waals surface area contributed by atoms with Gasteiger partial charge >= 0.3 is 12.4 Å². The summed E-state index contributed by atoms with van der Waals surface area (Å²) in [7, 11) is 1.17. The Balaban J connectivity index is 4.61. The number of hydrogen-bond donors (Lipinski definition) is 2. The van der Waals surface area contributed by atoms with Crippen LogP contribution in [-0.2, 0) is 9.53 Å². The van der Waals surface area contributed by atoms with Crippen LogP contribution in [0, 0.1) is 5.92 Å². The van der Waals surface area contributed by atoms with E-state index in [0.29, 0.717) is 0 Å². The second-order valence-electron chi connectivity index (χ2n) is 3.37. The van der Waals surface area contributed by atoms with E-state index in [4.69, 9.17) is 5.11 Å². The number of halogens is 6. The molecule has 0 aromatic carbocycles. The molecule has 1 unspecified atom stereocenters. The summed E-state index contributed by atoms with van der Waals surface area (Å²) in [4.78, 5) is 10.8. The van der Waals surface area contributed by atoms with Crippen LogP contribution in [0.4, 0.5) is 26.3 Å². The van der Waals surface area contributed by atoms with Gasteiger partial charge in [-0.1, -0.05) is 0 Å². The van der Waals surface area contributed by atoms with Crippen molar-refractivity contribution >= 4 is 5.91 Å². The Hall–Kier alpha value is -1.03. The molecular weight excluding hydrogens is 272 g/mol. The molecular formula is C8H11F6NO3. The third-order valence-electron chi connectivity index (χ3n) is 1.79. The van der Waals surface area contributed by atoms with E-state index in [-0.39, 0.29) is 6.61 Å². The molecule has 108 valence electrons. The molecule has 0 heterocycles. The van der Waals surface area contributed by atoms with Gasteiger partial charge in [0, 0.05) is 13.7 Å². The molecule has 0 aromatic rings. The molecule has 0 fully saturated rings. The molecule has 0 aliphatic carbocycles. The third kappa shape index (κ3) is 5.54. The van der Waals surface area contributed by atoms with E-state index >= 15 is 0 Å². The lowest BCUT2D eigenvalue weighted by molar-refractivity contribution is -0.274. The Bertz CT molecular complexity index is 263. The Kier molecular flexibility index (Phi) is 5.87. The molecule has 0 aliphatic heterocycles. The number of nitrogens with one attached hydrogen (secondary N) is 1. The summed E-state index contributed by atoms with van der Waals surface area (Å²) in [5.74, 6) is -6.37. The highest BCUT2D eigenvalue weighted by Crippen LogP contribution is 2.39. The zero-order valence-electron chi connectivity index (χ0n) is 9.10. The predicted molar refractivity (Wildman–Crippen MR) is 46.5 cm³/mol. The summed E-state index contributed by atoms with van der Waals surface area (Å²) < 4.78 is 76.8. The zero-order valence-corrected chi connectivity index (χ0v) is 9.10. The lowest BCUT2D eigenvalue weighted by Crippen LogP contribution is -2.49. The fraction of sp³-hybridized carbons (Fsp3) is 0.875. The van der Waals surface area contributed by atoms with Crippen molar-refractivity contribution < 1.29 is 41.0 Å². The highest BCUT2D eigenvalue weighted by atomic mass is 19.4. The molecule has 0 radical (unpaired) electrons. The fourth-order valence-corrected chi connectivity index (χ4v) is 1.05. The first-order valence-electron chi connectivity index (χ1n) is 4.58. The van der Waals surface area contributed by atoms with Crippen LogP contribution in [0.5, 0.6) is 0 Å². The molecule has 1 atom stereocenters. The topological polar surface area (TPSA) is 58.6 Å². The van der Waals surface area contributed by atoms with Gasteiger partial charge in [0.15, 0.2) is 0 Å². The van der Waals surface area contributed by atoms with E-state index in [9.17, 15) is 31.1 Å². The monoisotopic (exact) mass is 283 g/mol. The summed E-state index contributed by atoms with van der Waals surface area (Å²) in [5.41, 5.74) is 0. The standard InChI is InChI=1S/C8H11F6NO3/c1-18-3-4(16)2-15-6(17)5(7(9,10)11)8(12,13)14/h4-5,16H,2-3H2,1H3,(H,15,17). The van der Waals surface area contributed by atoms with Gasteiger partial charge in [-0.2, -0.15) is 26.3 Å². The van der Waals surface area contributed by atoms with Gasteiger partial charge in [-0.3, -0.25) is 4.79 Å². The van der Waals surface area contributed by atoms with E-state index < -0.39 is 36.8 Å². The van der Waals surface area contributed by atoms with Gasteiger partial charge in [-0.05, 0) is 0 Å². The molecule has 0 saturated carbocycles. The maximum atomic E-state index is 12.1. The number of carbonyl (C=O) groups is 1. The summed E-state index contributed by atoms with van der Waals surface area (Å²) in [5, 5.41) is 10.4. The quantitative estimate of drug-likeness (QED) is 0.735. The summed E-state index contributed by atoms with van der Waals surface area (Å²) in [6.45, 7) is -1.10. The van der Waals surface area contributed by atoms with Crippen LogP contribution in [0.15, 0.2) is 0 Å². The number of carbonyl (C=O) groups excluding carboxylic acids is 1. The van der Waals surface area contributed by atoms with E-state index in [1.807, 2.05) is 0 Å². The number of amides is 1. The minimum Gasteiger partial charge on any atom is -0.389 e. The first-order chi connectivity index (χ1) is 8.00. The molecule has 18 heavy (non-hydrogen) atoms. The number of methoxy groups -OCH3 is 1. The van der Waals surface area contributed by atoms with Crippen molar-refractivity contribution in [1.29, 1.82) is 0 Å². The van der Waals surface area contributed by atoms with Crippen molar-refractivity contribution in [3.05, 3.63) is 0 Å². The van der Waals surface area contributed by atoms with Crippen LogP contribution in [0.2, 0.25) is 0 Å². The Labute approximate surface area is 97.9 Å². The van der Waals surface area contributed by atoms with Gasteiger partial charge in [0.25, 0.3) is 0 Å². The van der Waals surface area contributed by atoms with Crippen molar-refractivity contribution in [2.45, 2.75) is 18.5 Å². The Morgan fingerprint density at radius 1 is 1.22 bits per heavy atom. The maximum absolute atomic E-state index is 12.1. The number of ether oxygens (including phenoxy) is 1. The van der Waals surface area contributed by atoms with Crippen LogP contribution in [0.1, 0.15) is 0 Å². The van der Waals surface area contributed by atoms with Gasteiger partial charge in [0.1, 0.15) is 0 Å². The normalized spacial score (nSPS) is 14.7. The average molecular weight is 283 g/mol. The lowest BCUT2D eigenvalue weighted by atomic mass is 10.1. The molecule has 10 heteroatoms. The van der Waals surface area contributed by atoms with Crippen molar-refractivity contribution in [1.82, 2.24) is 5.32 Å².